The maximum absolute atomic E-state index is 11.7. The zero-order valence-electron chi connectivity index (χ0n) is 11.9. The van der Waals surface area contributed by atoms with Gasteiger partial charge in [-0.05, 0) is 31.2 Å². The van der Waals surface area contributed by atoms with Gasteiger partial charge < -0.3 is 15.5 Å². The fourth-order valence-electron chi connectivity index (χ4n) is 2.36. The average molecular weight is 297 g/mol. The van der Waals surface area contributed by atoms with Crippen molar-refractivity contribution in [2.24, 2.45) is 5.73 Å². The third kappa shape index (κ3) is 2.58. The third-order valence-electron chi connectivity index (χ3n) is 3.40. The van der Waals surface area contributed by atoms with Gasteiger partial charge in [0.2, 0.25) is 5.91 Å². The number of carbonyl (C=O) groups excluding carboxylic acids is 2. The number of nitrogens with one attached hydrogen (secondary N) is 2. The fourth-order valence-corrected chi connectivity index (χ4v) is 2.36. The summed E-state index contributed by atoms with van der Waals surface area (Å²) in [6.45, 7) is 1.65. The van der Waals surface area contributed by atoms with E-state index in [1.807, 2.05) is 47.8 Å². The Bertz CT molecular complexity index is 869. The molecule has 112 valence electrons. The number of nitrogens with two attached hydrogens (primary N) is 1. The summed E-state index contributed by atoms with van der Waals surface area (Å²) in [5.41, 5.74) is 7.28. The number of primary amides is 1. The summed E-state index contributed by atoms with van der Waals surface area (Å²) in [6.07, 6.45) is 0. The number of anilines is 1. The number of hydrogen-bond donors (Lipinski definition) is 3. The van der Waals surface area contributed by atoms with Gasteiger partial charge in [-0.15, -0.1) is 0 Å². The van der Waals surface area contributed by atoms with Crippen molar-refractivity contribution in [2.45, 2.75) is 13.0 Å². The maximum Gasteiger partial charge on any atom is 0.318 e. The van der Waals surface area contributed by atoms with E-state index in [0.29, 0.717) is 0 Å². The number of carbonyl (C=O) groups is 2. The van der Waals surface area contributed by atoms with Gasteiger partial charge in [0.15, 0.2) is 0 Å². The van der Waals surface area contributed by atoms with E-state index >= 15 is 0 Å². The molecule has 3 amide bonds. The first-order valence-electron chi connectivity index (χ1n) is 6.83. The molecule has 0 bridgehead atoms. The van der Waals surface area contributed by atoms with E-state index in [9.17, 15) is 9.59 Å². The van der Waals surface area contributed by atoms with Crippen molar-refractivity contribution in [3.8, 4) is 0 Å². The van der Waals surface area contributed by atoms with Gasteiger partial charge in [0.05, 0.1) is 0 Å². The van der Waals surface area contributed by atoms with E-state index < -0.39 is 18.0 Å². The summed E-state index contributed by atoms with van der Waals surface area (Å²) in [5, 5.41) is 7.05. The van der Waals surface area contributed by atoms with Crippen molar-refractivity contribution >= 4 is 39.6 Å². The largest absolute Gasteiger partial charge is 0.456 e. The fraction of sp³-hybridized carbons (Fsp3) is 0.125. The standard InChI is InChI=1S/C16H15N3O3/c1-9(15(20)19-16(17)21)18-10-6-7-14-12(8-10)11-4-2-3-5-13(11)22-14/h2-9,18H,1H3,(H3,17,19,20,21)/t9-/m0/s1. The first-order chi connectivity index (χ1) is 10.5. The number of furan rings is 1. The predicted octanol–water partition coefficient (Wildman–Crippen LogP) is 2.58. The molecule has 0 fully saturated rings. The van der Waals surface area contributed by atoms with Gasteiger partial charge in [-0.1, -0.05) is 18.2 Å². The summed E-state index contributed by atoms with van der Waals surface area (Å²) in [7, 11) is 0. The Morgan fingerprint density at radius 1 is 1.09 bits per heavy atom. The number of fused-ring (bicyclic) bond motifs is 3. The lowest BCUT2D eigenvalue weighted by Gasteiger charge is -2.13. The zero-order valence-corrected chi connectivity index (χ0v) is 11.9. The first kappa shape index (κ1) is 13.9. The predicted molar refractivity (Wildman–Crippen MR) is 84.5 cm³/mol. The Morgan fingerprint density at radius 2 is 1.82 bits per heavy atom. The molecule has 0 radical (unpaired) electrons. The van der Waals surface area contributed by atoms with Gasteiger partial charge in [0.25, 0.3) is 0 Å². The van der Waals surface area contributed by atoms with E-state index in [4.69, 9.17) is 10.2 Å². The molecule has 1 atom stereocenters. The quantitative estimate of drug-likeness (QED) is 0.692. The van der Waals surface area contributed by atoms with Gasteiger partial charge in [0, 0.05) is 16.5 Å². The molecular weight excluding hydrogens is 282 g/mol. The van der Waals surface area contributed by atoms with Gasteiger partial charge >= 0.3 is 6.03 Å². The normalized spacial score (nSPS) is 12.2. The van der Waals surface area contributed by atoms with Crippen molar-refractivity contribution < 1.29 is 14.0 Å². The van der Waals surface area contributed by atoms with Crippen molar-refractivity contribution in [3.63, 3.8) is 0 Å². The van der Waals surface area contributed by atoms with E-state index in [-0.39, 0.29) is 0 Å². The van der Waals surface area contributed by atoms with Crippen LogP contribution in [-0.4, -0.2) is 18.0 Å². The van der Waals surface area contributed by atoms with Crippen molar-refractivity contribution in [1.82, 2.24) is 5.32 Å². The molecule has 0 unspecified atom stereocenters. The Morgan fingerprint density at radius 3 is 2.59 bits per heavy atom. The number of benzene rings is 2. The SMILES string of the molecule is C[C@H](Nc1ccc2oc3ccccc3c2c1)C(=O)NC(N)=O. The molecule has 3 rings (SSSR count). The lowest BCUT2D eigenvalue weighted by molar-refractivity contribution is -0.120. The molecule has 0 saturated carbocycles. The van der Waals surface area contributed by atoms with Crippen molar-refractivity contribution in [1.29, 1.82) is 0 Å². The third-order valence-corrected chi connectivity index (χ3v) is 3.40. The maximum atomic E-state index is 11.7. The Hall–Kier alpha value is -3.02. The highest BCUT2D eigenvalue weighted by Crippen LogP contribution is 2.30. The van der Waals surface area contributed by atoms with Gasteiger partial charge in [0.1, 0.15) is 17.2 Å². The minimum Gasteiger partial charge on any atom is -0.456 e. The molecule has 0 aliphatic carbocycles. The molecule has 0 aliphatic rings. The van der Waals surface area contributed by atoms with Crippen LogP contribution < -0.4 is 16.4 Å². The van der Waals surface area contributed by atoms with E-state index in [1.165, 1.54) is 0 Å². The van der Waals surface area contributed by atoms with Crippen molar-refractivity contribution in [3.05, 3.63) is 42.5 Å². The Balaban J connectivity index is 1.90. The molecule has 1 heterocycles. The highest BCUT2D eigenvalue weighted by atomic mass is 16.3. The average Bonchev–Trinajstić information content (AvgIpc) is 2.84. The second kappa shape index (κ2) is 5.40. The Kier molecular flexibility index (Phi) is 3.42. The van der Waals surface area contributed by atoms with Gasteiger partial charge in [-0.2, -0.15) is 0 Å². The monoisotopic (exact) mass is 297 g/mol. The van der Waals surface area contributed by atoms with E-state index in [1.54, 1.807) is 6.92 Å². The van der Waals surface area contributed by atoms with Gasteiger partial charge in [-0.3, -0.25) is 10.1 Å². The van der Waals surface area contributed by atoms with Crippen LogP contribution >= 0.6 is 0 Å². The molecule has 0 saturated heterocycles. The number of rotatable bonds is 3. The first-order valence-corrected chi connectivity index (χ1v) is 6.83. The molecule has 0 aliphatic heterocycles. The lowest BCUT2D eigenvalue weighted by Crippen LogP contribution is -2.43. The number of imide groups is 1. The van der Waals surface area contributed by atoms with E-state index in [0.717, 1.165) is 27.6 Å². The number of hydrogen-bond acceptors (Lipinski definition) is 4. The second-order valence-electron chi connectivity index (χ2n) is 5.03. The van der Waals surface area contributed by atoms with Crippen LogP contribution in [0.5, 0.6) is 0 Å². The summed E-state index contributed by atoms with van der Waals surface area (Å²) in [5.74, 6) is -0.482. The highest BCUT2D eigenvalue weighted by Gasteiger charge is 2.15. The zero-order chi connectivity index (χ0) is 15.7. The summed E-state index contributed by atoms with van der Waals surface area (Å²) in [6, 6.07) is 11.9. The summed E-state index contributed by atoms with van der Waals surface area (Å²) >= 11 is 0. The Labute approximate surface area is 126 Å². The molecule has 0 spiro atoms. The van der Waals surface area contributed by atoms with Crippen LogP contribution in [0, 0.1) is 0 Å². The minimum absolute atomic E-state index is 0.482. The summed E-state index contributed by atoms with van der Waals surface area (Å²) in [4.78, 5) is 22.4. The van der Waals surface area contributed by atoms with Crippen molar-refractivity contribution in [2.75, 3.05) is 5.32 Å². The van der Waals surface area contributed by atoms with Crippen LogP contribution in [0.2, 0.25) is 0 Å². The van der Waals surface area contributed by atoms with Crippen LogP contribution in [-0.2, 0) is 4.79 Å². The second-order valence-corrected chi connectivity index (χ2v) is 5.03. The van der Waals surface area contributed by atoms with Crippen LogP contribution in [0.1, 0.15) is 6.92 Å². The van der Waals surface area contributed by atoms with Crippen LogP contribution in [0.25, 0.3) is 21.9 Å². The van der Waals surface area contributed by atoms with E-state index in [2.05, 4.69) is 5.32 Å². The number of amides is 3. The summed E-state index contributed by atoms with van der Waals surface area (Å²) < 4.78 is 5.74. The smallest absolute Gasteiger partial charge is 0.318 e. The molecule has 6 heteroatoms. The molecule has 2 aromatic carbocycles. The molecule has 4 N–H and O–H groups in total. The molecule has 22 heavy (non-hydrogen) atoms. The molecule has 3 aromatic rings. The van der Waals surface area contributed by atoms with Crippen LogP contribution in [0.3, 0.4) is 0 Å². The molecule has 1 aromatic heterocycles. The number of para-hydroxylation sites is 1. The molecular formula is C16H15N3O3. The minimum atomic E-state index is -0.866. The van der Waals surface area contributed by atoms with Crippen LogP contribution in [0.4, 0.5) is 10.5 Å². The van der Waals surface area contributed by atoms with Crippen LogP contribution in [0.15, 0.2) is 46.9 Å². The lowest BCUT2D eigenvalue weighted by atomic mass is 10.1. The molecule has 6 nitrogen and oxygen atoms in total. The highest BCUT2D eigenvalue weighted by molar-refractivity contribution is 6.06. The van der Waals surface area contributed by atoms with Gasteiger partial charge in [-0.25, -0.2) is 4.79 Å². The topological polar surface area (TPSA) is 97.4 Å². The number of urea groups is 1.